The topological polar surface area (TPSA) is 146 Å². The van der Waals surface area contributed by atoms with E-state index in [0.29, 0.717) is 40.9 Å². The minimum Gasteiger partial charge on any atom is -0.307 e. The van der Waals surface area contributed by atoms with Gasteiger partial charge < -0.3 is 22.8 Å². The number of para-hydroxylation sites is 8. The normalized spacial score (nSPS) is 11.6. The summed E-state index contributed by atoms with van der Waals surface area (Å²) in [6.45, 7) is 0. The molecule has 0 aliphatic rings. The first-order valence-corrected chi connectivity index (χ1v) is 48.3. The first kappa shape index (κ1) is 83.6. The molecule has 144 heavy (non-hydrogen) atoms. The van der Waals surface area contributed by atoms with Crippen LogP contribution in [0.4, 0.5) is 0 Å². The molecule has 0 saturated carbocycles. The fraction of sp³-hybridized carbons (Fsp3) is 0. The molecule has 0 amide bonds. The van der Waals surface area contributed by atoms with Crippen molar-refractivity contribution in [1.82, 2.24) is 72.3 Å². The quantitative estimate of drug-likeness (QED) is 0.104. The van der Waals surface area contributed by atoms with Crippen LogP contribution in [0, 0.1) is 0 Å². The Morgan fingerprint density at radius 1 is 0.139 bits per heavy atom. The van der Waals surface area contributed by atoms with E-state index in [9.17, 15) is 0 Å². The van der Waals surface area contributed by atoms with Gasteiger partial charge in [0, 0.05) is 150 Å². The van der Waals surface area contributed by atoms with E-state index in [2.05, 4.69) is 366 Å². The molecule has 0 unspecified atom stereocenters. The van der Waals surface area contributed by atoms with E-state index in [1.165, 1.54) is 70.7 Å². The van der Waals surface area contributed by atoms with Gasteiger partial charge in [-0.25, -0.2) is 29.9 Å². The number of rotatable bonds is 14. The summed E-state index contributed by atoms with van der Waals surface area (Å²) in [5.74, 6) is 4.48. The minimum absolute atomic E-state index is 0.585. The number of nitrogens with zero attached hydrogens (tertiary/aromatic N) is 15. The average Bonchev–Trinajstić information content (AvgIpc) is 1.55. The zero-order valence-corrected chi connectivity index (χ0v) is 77.6. The number of benzene rings is 19. The van der Waals surface area contributed by atoms with Crippen LogP contribution < -0.4 is 0 Å². The molecule has 29 aromatic rings. The van der Waals surface area contributed by atoms with Gasteiger partial charge in [0.15, 0.2) is 34.9 Å². The van der Waals surface area contributed by atoms with Crippen LogP contribution in [0.5, 0.6) is 0 Å². The molecule has 0 spiro atoms. The number of hydrogen-bond donors (Lipinski definition) is 0. The van der Waals surface area contributed by atoms with Crippen LogP contribution in [0.15, 0.2) is 504 Å². The van der Waals surface area contributed by atoms with E-state index in [1.54, 1.807) is 0 Å². The number of aromatic nitrogens is 15. The average molecular weight is 1840 g/mol. The van der Waals surface area contributed by atoms with Crippen molar-refractivity contribution in [3.05, 3.63) is 504 Å². The molecule has 15 heteroatoms. The lowest BCUT2D eigenvalue weighted by Crippen LogP contribution is -2.07. The summed E-state index contributed by atoms with van der Waals surface area (Å²) >= 11 is 0. The van der Waals surface area contributed by atoms with Gasteiger partial charge in [-0.05, 0) is 127 Å². The van der Waals surface area contributed by atoms with Gasteiger partial charge in [-0.1, -0.05) is 364 Å². The lowest BCUT2D eigenvalue weighted by atomic mass is 10.1. The standard InChI is InChI=1S/2C45H29N5.C39H25N5/c1-4-14-30(15-5-1)43-46-44(31-16-6-2-7-17-31)48-45(47-43)32-24-26-34(27-25-32)50-40-23-13-11-21-36(40)38-29-28-37-35-20-10-12-22-39(35)49(41(37)42(38)50)33-18-8-3-9-19-33;1-4-12-30(13-5-1)39-28-40(31-14-6-2-7-15-31)48-45(47-39)32-20-22-34(23-21-32)50-42-26-27-46-29-38(42)37-25-24-36-35-18-10-11-19-41(35)49(43(36)44(37)50)33-16-8-3-9-17-33;1-4-14-26(15-5-1)37-40-38(27-16-6-2-7-17-27)42-39(41-37)44-34-23-13-11-21-30(34)32-25-24-31-29-20-10-12-22-33(29)43(35(31)36(32)44)28-18-8-3-9-19-28/h2*1-29H;1-25H. The van der Waals surface area contributed by atoms with Crippen molar-refractivity contribution in [2.24, 2.45) is 0 Å². The van der Waals surface area contributed by atoms with Gasteiger partial charge in [0.2, 0.25) is 5.95 Å². The van der Waals surface area contributed by atoms with Crippen molar-refractivity contribution in [3.8, 4) is 125 Å². The van der Waals surface area contributed by atoms with Crippen molar-refractivity contribution < 1.29 is 0 Å². The molecule has 0 bridgehead atoms. The molecular weight excluding hydrogens is 1760 g/mol. The van der Waals surface area contributed by atoms with Crippen molar-refractivity contribution >= 4 is 131 Å². The molecule has 0 fully saturated rings. The van der Waals surface area contributed by atoms with E-state index in [0.717, 1.165) is 144 Å². The van der Waals surface area contributed by atoms with E-state index >= 15 is 0 Å². The summed E-state index contributed by atoms with van der Waals surface area (Å²) in [5.41, 5.74) is 28.7. The molecule has 29 rings (SSSR count). The Morgan fingerprint density at radius 2 is 0.347 bits per heavy atom. The maximum atomic E-state index is 5.17. The van der Waals surface area contributed by atoms with Gasteiger partial charge in [-0.2, -0.15) is 9.97 Å². The third kappa shape index (κ3) is 14.4. The van der Waals surface area contributed by atoms with Crippen LogP contribution in [-0.2, 0) is 0 Å². The minimum atomic E-state index is 0.585. The summed E-state index contributed by atoms with van der Waals surface area (Å²) in [4.78, 5) is 44.8. The second kappa shape index (κ2) is 35.3. The summed E-state index contributed by atoms with van der Waals surface area (Å²) in [6, 6.07) is 171. The third-order valence-electron chi connectivity index (χ3n) is 27.6. The van der Waals surface area contributed by atoms with Crippen LogP contribution in [-0.4, -0.2) is 72.3 Å². The van der Waals surface area contributed by atoms with Crippen LogP contribution in [0.1, 0.15) is 0 Å². The molecule has 0 N–H and O–H groups in total. The highest BCUT2D eigenvalue weighted by molar-refractivity contribution is 6.27. The van der Waals surface area contributed by atoms with Gasteiger partial charge in [-0.3, -0.25) is 9.55 Å². The Morgan fingerprint density at radius 3 is 0.639 bits per heavy atom. The summed E-state index contributed by atoms with van der Waals surface area (Å²) in [7, 11) is 0. The Bertz CT molecular complexity index is 9400. The Hall–Kier alpha value is -19.8. The molecule has 674 valence electrons. The molecule has 0 saturated heterocycles. The maximum Gasteiger partial charge on any atom is 0.238 e. The van der Waals surface area contributed by atoms with Crippen LogP contribution >= 0.6 is 0 Å². The predicted molar refractivity (Wildman–Crippen MR) is 589 cm³/mol. The van der Waals surface area contributed by atoms with Crippen LogP contribution in [0.3, 0.4) is 0 Å². The second-order valence-corrected chi connectivity index (χ2v) is 35.9. The SMILES string of the molecule is c1ccc(-c2cc(-c3ccccc3)nc(-c3ccc(-n4c5ccncc5c5ccc6c7ccccc7n(-c7ccccc7)c6c54)cc3)n2)cc1.c1ccc(-c2nc(-c3ccccc3)nc(-c3ccc(-n4c5ccccc5c5ccc6c7ccccc7n(-c7ccccc7)c6c54)cc3)n2)cc1.c1ccc(-c2nc(-c3ccccc3)nc(-n3c4ccccc4c4ccc5c6ccccc6n(-c6ccccc6)c5c43)n2)cc1. The maximum absolute atomic E-state index is 5.17. The van der Waals surface area contributed by atoms with Crippen LogP contribution in [0.25, 0.3) is 256 Å². The smallest absolute Gasteiger partial charge is 0.238 e. The molecule has 0 radical (unpaired) electrons. The van der Waals surface area contributed by atoms with E-state index in [-0.39, 0.29) is 0 Å². The van der Waals surface area contributed by atoms with Gasteiger partial charge >= 0.3 is 0 Å². The highest BCUT2D eigenvalue weighted by Crippen LogP contribution is 2.47. The lowest BCUT2D eigenvalue weighted by molar-refractivity contribution is 0.953. The first-order chi connectivity index (χ1) is 71.5. The van der Waals surface area contributed by atoms with Gasteiger partial charge in [-0.15, -0.1) is 0 Å². The van der Waals surface area contributed by atoms with Crippen molar-refractivity contribution in [2.45, 2.75) is 0 Å². The third-order valence-corrected chi connectivity index (χ3v) is 27.6. The summed E-state index contributed by atoms with van der Waals surface area (Å²) < 4.78 is 14.2. The molecule has 15 nitrogen and oxygen atoms in total. The number of pyridine rings is 1. The number of fused-ring (bicyclic) bond motifs is 21. The molecule has 0 atom stereocenters. The van der Waals surface area contributed by atoms with Crippen molar-refractivity contribution in [1.29, 1.82) is 0 Å². The van der Waals surface area contributed by atoms with Crippen molar-refractivity contribution in [2.75, 3.05) is 0 Å². The monoisotopic (exact) mass is 1840 g/mol. The molecule has 0 aliphatic heterocycles. The lowest BCUT2D eigenvalue weighted by Gasteiger charge is -2.13. The van der Waals surface area contributed by atoms with Gasteiger partial charge in [0.25, 0.3) is 0 Å². The van der Waals surface area contributed by atoms with E-state index in [1.807, 2.05) is 170 Å². The fourth-order valence-corrected chi connectivity index (χ4v) is 21.1. The summed E-state index contributed by atoms with van der Waals surface area (Å²) in [6.07, 6.45) is 3.86. The summed E-state index contributed by atoms with van der Waals surface area (Å²) in [5, 5.41) is 14.3. The zero-order chi connectivity index (χ0) is 95.1. The van der Waals surface area contributed by atoms with E-state index in [4.69, 9.17) is 39.9 Å². The van der Waals surface area contributed by atoms with Gasteiger partial charge in [0.1, 0.15) is 0 Å². The molecule has 10 aromatic heterocycles. The van der Waals surface area contributed by atoms with E-state index < -0.39 is 0 Å². The molecule has 19 aromatic carbocycles. The predicted octanol–water partition coefficient (Wildman–Crippen LogP) is 31.5. The van der Waals surface area contributed by atoms with Crippen LogP contribution in [0.2, 0.25) is 0 Å². The molecule has 10 heterocycles. The Labute approximate surface area is 826 Å². The first-order valence-electron chi connectivity index (χ1n) is 48.3. The van der Waals surface area contributed by atoms with Gasteiger partial charge in [0.05, 0.1) is 77.6 Å². The molecule has 0 aliphatic carbocycles. The Balaban J connectivity index is 0.000000108. The second-order valence-electron chi connectivity index (χ2n) is 35.9. The van der Waals surface area contributed by atoms with Crippen molar-refractivity contribution in [3.63, 3.8) is 0 Å². The molecular formula is C129H83N15. The Kier molecular flexibility index (Phi) is 20.5. The largest absolute Gasteiger partial charge is 0.307 e. The highest BCUT2D eigenvalue weighted by Gasteiger charge is 2.28. The highest BCUT2D eigenvalue weighted by atomic mass is 15.2. The fourth-order valence-electron chi connectivity index (χ4n) is 21.1. The zero-order valence-electron chi connectivity index (χ0n) is 77.6. The number of hydrogen-bond acceptors (Lipinski definition) is 9.